The SMILES string of the molecule is Nc1nc2ccc(OCC(F)(F)F)c(C(F)(F)F)n2n1. The summed E-state index contributed by atoms with van der Waals surface area (Å²) in [4.78, 5) is 3.49. The third-order valence-corrected chi connectivity index (χ3v) is 2.14. The Balaban J connectivity index is 2.53. The molecule has 11 heteroatoms. The van der Waals surface area contributed by atoms with Crippen molar-refractivity contribution in [1.29, 1.82) is 0 Å². The van der Waals surface area contributed by atoms with Crippen molar-refractivity contribution in [2.75, 3.05) is 12.3 Å². The lowest BCUT2D eigenvalue weighted by molar-refractivity contribution is -0.160. The summed E-state index contributed by atoms with van der Waals surface area (Å²) in [7, 11) is 0. The lowest BCUT2D eigenvalue weighted by Crippen LogP contribution is -2.22. The fourth-order valence-electron chi connectivity index (χ4n) is 1.48. The summed E-state index contributed by atoms with van der Waals surface area (Å²) >= 11 is 0. The molecule has 2 heterocycles. The molecule has 0 aliphatic heterocycles. The van der Waals surface area contributed by atoms with Crippen molar-refractivity contribution in [2.24, 2.45) is 0 Å². The monoisotopic (exact) mass is 300 g/mol. The van der Waals surface area contributed by atoms with Crippen molar-refractivity contribution in [1.82, 2.24) is 14.6 Å². The van der Waals surface area contributed by atoms with Crippen LogP contribution in [0.15, 0.2) is 12.1 Å². The molecule has 2 aromatic rings. The molecule has 110 valence electrons. The van der Waals surface area contributed by atoms with Crippen LogP contribution in [-0.4, -0.2) is 27.4 Å². The minimum Gasteiger partial charge on any atom is -0.482 e. The summed E-state index contributed by atoms with van der Waals surface area (Å²) < 4.78 is 79.3. The normalized spacial score (nSPS) is 12.9. The van der Waals surface area contributed by atoms with E-state index in [0.717, 1.165) is 12.1 Å². The van der Waals surface area contributed by atoms with E-state index in [1.54, 1.807) is 0 Å². The van der Waals surface area contributed by atoms with E-state index in [1.165, 1.54) is 0 Å². The Kier molecular flexibility index (Phi) is 3.14. The van der Waals surface area contributed by atoms with Crippen LogP contribution in [0.1, 0.15) is 5.69 Å². The number of halogens is 6. The Hall–Kier alpha value is -2.20. The van der Waals surface area contributed by atoms with Gasteiger partial charge in [-0.25, -0.2) is 4.52 Å². The molecule has 0 aliphatic rings. The fraction of sp³-hybridized carbons (Fsp3) is 0.333. The molecular formula is C9H6F6N4O. The molecule has 20 heavy (non-hydrogen) atoms. The molecule has 2 aromatic heterocycles. The molecule has 0 radical (unpaired) electrons. The Morgan fingerprint density at radius 2 is 1.80 bits per heavy atom. The number of alkyl halides is 6. The maximum absolute atomic E-state index is 12.9. The van der Waals surface area contributed by atoms with Crippen molar-refractivity contribution in [3.8, 4) is 5.75 Å². The third-order valence-electron chi connectivity index (χ3n) is 2.14. The smallest absolute Gasteiger partial charge is 0.437 e. The Labute approximate surface area is 106 Å². The van der Waals surface area contributed by atoms with Gasteiger partial charge in [0.15, 0.2) is 23.7 Å². The van der Waals surface area contributed by atoms with Gasteiger partial charge < -0.3 is 10.5 Å². The van der Waals surface area contributed by atoms with Gasteiger partial charge in [0.1, 0.15) is 0 Å². The summed E-state index contributed by atoms with van der Waals surface area (Å²) in [6.07, 6.45) is -9.75. The van der Waals surface area contributed by atoms with Gasteiger partial charge in [0.05, 0.1) is 0 Å². The minimum absolute atomic E-state index is 0.255. The average molecular weight is 300 g/mol. The lowest BCUT2D eigenvalue weighted by atomic mass is 10.3. The van der Waals surface area contributed by atoms with Crippen LogP contribution >= 0.6 is 0 Å². The minimum atomic E-state index is -4.99. The van der Waals surface area contributed by atoms with Crippen molar-refractivity contribution < 1.29 is 31.1 Å². The van der Waals surface area contributed by atoms with Gasteiger partial charge in [0, 0.05) is 0 Å². The summed E-state index contributed by atoms with van der Waals surface area (Å²) in [5.74, 6) is -1.45. The number of rotatable bonds is 2. The molecule has 0 saturated carbocycles. The van der Waals surface area contributed by atoms with Crippen LogP contribution in [0.2, 0.25) is 0 Å². The van der Waals surface area contributed by atoms with Gasteiger partial charge in [-0.1, -0.05) is 0 Å². The van der Waals surface area contributed by atoms with E-state index < -0.39 is 36.4 Å². The van der Waals surface area contributed by atoms with Gasteiger partial charge in [0.25, 0.3) is 0 Å². The fourth-order valence-corrected chi connectivity index (χ4v) is 1.48. The number of nitrogen functional groups attached to an aromatic ring is 1. The Morgan fingerprint density at radius 3 is 2.35 bits per heavy atom. The summed E-state index contributed by atoms with van der Waals surface area (Å²) in [6, 6.07) is 1.75. The lowest BCUT2D eigenvalue weighted by Gasteiger charge is -2.15. The molecule has 0 saturated heterocycles. The molecule has 0 aromatic carbocycles. The number of fused-ring (bicyclic) bond motifs is 1. The van der Waals surface area contributed by atoms with Crippen LogP contribution in [-0.2, 0) is 6.18 Å². The second-order valence-electron chi connectivity index (χ2n) is 3.69. The number of nitrogens with zero attached hydrogens (tertiary/aromatic N) is 3. The van der Waals surface area contributed by atoms with Gasteiger partial charge in [0.2, 0.25) is 5.95 Å². The van der Waals surface area contributed by atoms with E-state index in [4.69, 9.17) is 5.73 Å². The number of aromatic nitrogens is 3. The molecule has 0 fully saturated rings. The van der Waals surface area contributed by atoms with Gasteiger partial charge in [-0.15, -0.1) is 5.10 Å². The highest BCUT2D eigenvalue weighted by Gasteiger charge is 2.39. The molecule has 0 atom stereocenters. The number of pyridine rings is 1. The molecule has 0 aliphatic carbocycles. The largest absolute Gasteiger partial charge is 0.482 e. The van der Waals surface area contributed by atoms with Gasteiger partial charge >= 0.3 is 12.4 Å². The van der Waals surface area contributed by atoms with E-state index >= 15 is 0 Å². The number of ether oxygens (including phenoxy) is 1. The second-order valence-corrected chi connectivity index (χ2v) is 3.69. The molecule has 0 amide bonds. The van der Waals surface area contributed by atoms with Gasteiger partial charge in [-0.3, -0.25) is 0 Å². The number of hydrogen-bond donors (Lipinski definition) is 1. The Bertz CT molecular complexity index is 632. The van der Waals surface area contributed by atoms with Crippen molar-refractivity contribution in [3.63, 3.8) is 0 Å². The highest BCUT2D eigenvalue weighted by atomic mass is 19.4. The molecule has 2 rings (SSSR count). The molecular weight excluding hydrogens is 294 g/mol. The van der Waals surface area contributed by atoms with Crippen LogP contribution in [0.25, 0.3) is 5.65 Å². The van der Waals surface area contributed by atoms with Crippen molar-refractivity contribution in [2.45, 2.75) is 12.4 Å². The zero-order chi connectivity index (χ0) is 15.1. The maximum Gasteiger partial charge on any atom is 0.437 e. The van der Waals surface area contributed by atoms with Crippen LogP contribution in [0.3, 0.4) is 0 Å². The quantitative estimate of drug-likeness (QED) is 0.864. The number of nitrogens with two attached hydrogens (primary N) is 1. The van der Waals surface area contributed by atoms with E-state index in [2.05, 4.69) is 14.8 Å². The first-order valence-corrected chi connectivity index (χ1v) is 5.00. The molecule has 5 nitrogen and oxygen atoms in total. The molecule has 2 N–H and O–H groups in total. The first-order valence-electron chi connectivity index (χ1n) is 5.00. The highest BCUT2D eigenvalue weighted by Crippen LogP contribution is 2.37. The van der Waals surface area contributed by atoms with Crippen molar-refractivity contribution in [3.05, 3.63) is 17.8 Å². The van der Waals surface area contributed by atoms with E-state index in [9.17, 15) is 26.3 Å². The zero-order valence-corrected chi connectivity index (χ0v) is 9.46. The third kappa shape index (κ3) is 2.86. The first-order chi connectivity index (χ1) is 9.08. The number of anilines is 1. The predicted octanol–water partition coefficient (Wildman–Crippen LogP) is 2.27. The predicted molar refractivity (Wildman–Crippen MR) is 54.0 cm³/mol. The van der Waals surface area contributed by atoms with Gasteiger partial charge in [-0.05, 0) is 12.1 Å². The Morgan fingerprint density at radius 1 is 1.15 bits per heavy atom. The summed E-state index contributed by atoms with van der Waals surface area (Å²) in [6.45, 7) is -1.86. The van der Waals surface area contributed by atoms with Crippen LogP contribution in [0, 0.1) is 0 Å². The molecule has 0 bridgehead atoms. The molecule has 0 unspecified atom stereocenters. The topological polar surface area (TPSA) is 65.4 Å². The van der Waals surface area contributed by atoms with Crippen molar-refractivity contribution >= 4 is 11.6 Å². The second kappa shape index (κ2) is 4.42. The number of hydrogen-bond acceptors (Lipinski definition) is 4. The molecule has 0 spiro atoms. The van der Waals surface area contributed by atoms with E-state index in [-0.39, 0.29) is 5.65 Å². The average Bonchev–Trinajstić information content (AvgIpc) is 2.62. The van der Waals surface area contributed by atoms with E-state index in [0.29, 0.717) is 4.52 Å². The zero-order valence-electron chi connectivity index (χ0n) is 9.46. The van der Waals surface area contributed by atoms with Crippen LogP contribution in [0.5, 0.6) is 5.75 Å². The first kappa shape index (κ1) is 14.2. The maximum atomic E-state index is 12.9. The highest BCUT2D eigenvalue weighted by molar-refractivity contribution is 5.48. The summed E-state index contributed by atoms with van der Waals surface area (Å²) in [5, 5.41) is 3.29. The van der Waals surface area contributed by atoms with E-state index in [1.807, 2.05) is 0 Å². The van der Waals surface area contributed by atoms with Gasteiger partial charge in [-0.2, -0.15) is 31.3 Å². The standard InChI is InChI=1S/C9H6F6N4O/c10-8(11,12)3-20-4-1-2-5-17-7(16)18-19(5)6(4)9(13,14)15/h1-2H,3H2,(H2,16,18). The van der Waals surface area contributed by atoms with Crippen LogP contribution in [0.4, 0.5) is 32.3 Å². The summed E-state index contributed by atoms with van der Waals surface area (Å²) in [5.41, 5.74) is 3.40. The van der Waals surface area contributed by atoms with Crippen LogP contribution < -0.4 is 10.5 Å².